The fraction of sp³-hybridized carbons (Fsp3) is 0.647. The largest absolute Gasteiger partial charge is 0.496 e. The first kappa shape index (κ1) is 16.8. The zero-order valence-corrected chi connectivity index (χ0v) is 15.2. The lowest BCUT2D eigenvalue weighted by Gasteiger charge is -2.42. The minimum atomic E-state index is 0.137. The number of hydrogen-bond donors (Lipinski definition) is 1. The van der Waals surface area contributed by atoms with Crippen LogP contribution < -0.4 is 10.1 Å². The van der Waals surface area contributed by atoms with Gasteiger partial charge in [-0.2, -0.15) is 0 Å². The van der Waals surface area contributed by atoms with Gasteiger partial charge in [-0.25, -0.2) is 0 Å². The van der Waals surface area contributed by atoms with Crippen molar-refractivity contribution in [2.24, 2.45) is 0 Å². The Hall–Kier alpha value is -0.580. The second-order valence-corrected chi connectivity index (χ2v) is 7.27. The van der Waals surface area contributed by atoms with Crippen molar-refractivity contribution in [3.8, 4) is 5.75 Å². The molecule has 0 spiro atoms. The van der Waals surface area contributed by atoms with E-state index >= 15 is 0 Å². The Bertz CT molecular complexity index is 470. The number of likely N-dealkylation sites (tertiary alicyclic amines) is 1. The fourth-order valence-electron chi connectivity index (χ4n) is 3.35. The van der Waals surface area contributed by atoms with Gasteiger partial charge < -0.3 is 10.1 Å². The molecule has 21 heavy (non-hydrogen) atoms. The molecule has 0 aromatic heterocycles. The minimum absolute atomic E-state index is 0.137. The van der Waals surface area contributed by atoms with E-state index in [-0.39, 0.29) is 5.54 Å². The molecule has 0 radical (unpaired) electrons. The predicted molar refractivity (Wildman–Crippen MR) is 92.1 cm³/mol. The molecule has 118 valence electrons. The average Bonchev–Trinajstić information content (AvgIpc) is 2.99. The summed E-state index contributed by atoms with van der Waals surface area (Å²) in [6.45, 7) is 7.12. The Labute approximate surface area is 137 Å². The van der Waals surface area contributed by atoms with Crippen molar-refractivity contribution in [3.63, 3.8) is 0 Å². The molecule has 0 bridgehead atoms. The smallest absolute Gasteiger partial charge is 0.122 e. The second kappa shape index (κ2) is 7.12. The molecule has 1 fully saturated rings. The molecule has 3 nitrogen and oxygen atoms in total. The van der Waals surface area contributed by atoms with Gasteiger partial charge in [-0.3, -0.25) is 4.90 Å². The fourth-order valence-corrected chi connectivity index (χ4v) is 3.75. The highest BCUT2D eigenvalue weighted by Gasteiger charge is 2.36. The summed E-state index contributed by atoms with van der Waals surface area (Å²) in [5.41, 5.74) is 1.39. The number of benzene rings is 1. The quantitative estimate of drug-likeness (QED) is 0.846. The van der Waals surface area contributed by atoms with E-state index in [1.165, 1.54) is 31.5 Å². The first-order valence-corrected chi connectivity index (χ1v) is 8.53. The lowest BCUT2D eigenvalue weighted by Crippen LogP contribution is -2.57. The predicted octanol–water partition coefficient (Wildman–Crippen LogP) is 3.46. The van der Waals surface area contributed by atoms with Crippen LogP contribution in [0.2, 0.25) is 0 Å². The minimum Gasteiger partial charge on any atom is -0.496 e. The summed E-state index contributed by atoms with van der Waals surface area (Å²) in [5, 5.41) is 3.53. The van der Waals surface area contributed by atoms with E-state index in [9.17, 15) is 0 Å². The molecule has 2 rings (SSSR count). The van der Waals surface area contributed by atoms with Crippen LogP contribution in [0.1, 0.15) is 32.3 Å². The third-order valence-corrected chi connectivity index (χ3v) is 5.28. The Kier molecular flexibility index (Phi) is 5.69. The molecule has 0 amide bonds. The molecule has 0 aliphatic carbocycles. The van der Waals surface area contributed by atoms with E-state index < -0.39 is 0 Å². The maximum Gasteiger partial charge on any atom is 0.122 e. The highest BCUT2D eigenvalue weighted by atomic mass is 79.9. The van der Waals surface area contributed by atoms with Crippen LogP contribution in [-0.4, -0.2) is 43.7 Å². The van der Waals surface area contributed by atoms with Gasteiger partial charge in [0.25, 0.3) is 0 Å². The Morgan fingerprint density at radius 3 is 2.57 bits per heavy atom. The van der Waals surface area contributed by atoms with Gasteiger partial charge in [0.2, 0.25) is 0 Å². The highest BCUT2D eigenvalue weighted by Crippen LogP contribution is 2.30. The highest BCUT2D eigenvalue weighted by molar-refractivity contribution is 9.10. The molecule has 1 aromatic carbocycles. The van der Waals surface area contributed by atoms with Gasteiger partial charge in [0.15, 0.2) is 0 Å². The average molecular weight is 355 g/mol. The van der Waals surface area contributed by atoms with Gasteiger partial charge in [-0.1, -0.05) is 15.9 Å². The van der Waals surface area contributed by atoms with Crippen molar-refractivity contribution < 1.29 is 4.74 Å². The van der Waals surface area contributed by atoms with Crippen LogP contribution in [0.4, 0.5) is 0 Å². The zero-order valence-electron chi connectivity index (χ0n) is 13.6. The van der Waals surface area contributed by atoms with Crippen LogP contribution in [-0.2, 0) is 6.42 Å². The van der Waals surface area contributed by atoms with Crippen LogP contribution in [0.3, 0.4) is 0 Å². The lowest BCUT2D eigenvalue weighted by molar-refractivity contribution is 0.110. The van der Waals surface area contributed by atoms with Crippen molar-refractivity contribution in [3.05, 3.63) is 28.2 Å². The van der Waals surface area contributed by atoms with Crippen molar-refractivity contribution >= 4 is 15.9 Å². The molecule has 1 N–H and O–H groups in total. The van der Waals surface area contributed by atoms with Crippen molar-refractivity contribution in [1.29, 1.82) is 0 Å². The number of likely N-dealkylation sites (N-methyl/N-ethyl adjacent to an activating group) is 1. The molecular formula is C17H27BrN2O. The van der Waals surface area contributed by atoms with E-state index in [0.717, 1.165) is 16.6 Å². The molecule has 1 heterocycles. The molecule has 1 aromatic rings. The molecule has 1 saturated heterocycles. The first-order valence-electron chi connectivity index (χ1n) is 7.73. The Morgan fingerprint density at radius 2 is 2.00 bits per heavy atom. The standard InChI is InChI=1S/C17H27BrN2O/c1-17(2,20-9-5-6-10-20)16(19-3)12-13-11-14(18)7-8-15(13)21-4/h7-8,11,16,19H,5-6,9-10,12H2,1-4H3. The van der Waals surface area contributed by atoms with Crippen molar-refractivity contribution in [2.45, 2.75) is 44.7 Å². The topological polar surface area (TPSA) is 24.5 Å². The van der Waals surface area contributed by atoms with Gasteiger partial charge in [0.1, 0.15) is 5.75 Å². The molecule has 4 heteroatoms. The van der Waals surface area contributed by atoms with Gasteiger partial charge in [0.05, 0.1) is 7.11 Å². The monoisotopic (exact) mass is 354 g/mol. The summed E-state index contributed by atoms with van der Waals surface area (Å²) < 4.78 is 6.63. The molecule has 1 atom stereocenters. The van der Waals surface area contributed by atoms with Crippen LogP contribution >= 0.6 is 15.9 Å². The second-order valence-electron chi connectivity index (χ2n) is 6.35. The molecule has 1 aliphatic rings. The van der Waals surface area contributed by atoms with Crippen molar-refractivity contribution in [1.82, 2.24) is 10.2 Å². The number of nitrogens with zero attached hydrogens (tertiary/aromatic N) is 1. The number of ether oxygens (including phenoxy) is 1. The summed E-state index contributed by atoms with van der Waals surface area (Å²) in [5.74, 6) is 0.968. The van der Waals surface area contributed by atoms with Gasteiger partial charge in [0, 0.05) is 16.1 Å². The normalized spacial score (nSPS) is 18.0. The SMILES string of the molecule is CNC(Cc1cc(Br)ccc1OC)C(C)(C)N1CCCC1. The van der Waals surface area contributed by atoms with Gasteiger partial charge in [-0.05, 0) is 77.0 Å². The first-order chi connectivity index (χ1) is 9.98. The third-order valence-electron chi connectivity index (χ3n) is 4.79. The number of halogens is 1. The third kappa shape index (κ3) is 3.79. The molecular weight excluding hydrogens is 328 g/mol. The Balaban J connectivity index is 2.20. The summed E-state index contributed by atoms with van der Waals surface area (Å²) in [4.78, 5) is 2.61. The van der Waals surface area contributed by atoms with Crippen molar-refractivity contribution in [2.75, 3.05) is 27.2 Å². The van der Waals surface area contributed by atoms with Crippen LogP contribution in [0.25, 0.3) is 0 Å². The maximum atomic E-state index is 5.52. The van der Waals surface area contributed by atoms with E-state index in [2.05, 4.69) is 53.1 Å². The van der Waals surface area contributed by atoms with E-state index in [0.29, 0.717) is 6.04 Å². The number of nitrogens with one attached hydrogen (secondary N) is 1. The number of rotatable bonds is 6. The van der Waals surface area contributed by atoms with E-state index in [1.54, 1.807) is 7.11 Å². The van der Waals surface area contributed by atoms with Gasteiger partial charge >= 0.3 is 0 Å². The van der Waals surface area contributed by atoms with Crippen LogP contribution in [0, 0.1) is 0 Å². The lowest BCUT2D eigenvalue weighted by atomic mass is 9.87. The summed E-state index contributed by atoms with van der Waals surface area (Å²) in [6.07, 6.45) is 3.60. The molecule has 0 saturated carbocycles. The Morgan fingerprint density at radius 1 is 1.33 bits per heavy atom. The van der Waals surface area contributed by atoms with Crippen LogP contribution in [0.15, 0.2) is 22.7 Å². The molecule has 1 aliphatic heterocycles. The van der Waals surface area contributed by atoms with Gasteiger partial charge in [-0.15, -0.1) is 0 Å². The van der Waals surface area contributed by atoms with Crippen LogP contribution in [0.5, 0.6) is 5.75 Å². The summed E-state index contributed by atoms with van der Waals surface area (Å²) >= 11 is 3.57. The summed E-state index contributed by atoms with van der Waals surface area (Å²) in [6, 6.07) is 6.62. The summed E-state index contributed by atoms with van der Waals surface area (Å²) in [7, 11) is 3.81. The zero-order chi connectivity index (χ0) is 15.5. The van der Waals surface area contributed by atoms with E-state index in [4.69, 9.17) is 4.74 Å². The number of hydrogen-bond acceptors (Lipinski definition) is 3. The molecule has 1 unspecified atom stereocenters. The van der Waals surface area contributed by atoms with E-state index in [1.807, 2.05) is 12.1 Å². The number of methoxy groups -OCH3 is 1. The maximum absolute atomic E-state index is 5.52.